The van der Waals surface area contributed by atoms with Gasteiger partial charge in [-0.15, -0.1) is 0 Å². The van der Waals surface area contributed by atoms with Gasteiger partial charge >= 0.3 is 0 Å². The van der Waals surface area contributed by atoms with Gasteiger partial charge in [0, 0.05) is 5.92 Å². The summed E-state index contributed by atoms with van der Waals surface area (Å²) >= 11 is 0. The van der Waals surface area contributed by atoms with Gasteiger partial charge in [-0.1, -0.05) is 6.92 Å². The largest absolute Gasteiger partial charge is 0.346 e. The lowest BCUT2D eigenvalue weighted by Crippen LogP contribution is -2.06. The summed E-state index contributed by atoms with van der Waals surface area (Å²) in [5.74, 6) is 0.508. The predicted octanol–water partition coefficient (Wildman–Crippen LogP) is 1.10. The Morgan fingerprint density at radius 3 is 2.86 bits per heavy atom. The van der Waals surface area contributed by atoms with Crippen molar-refractivity contribution in [2.75, 3.05) is 6.61 Å². The van der Waals surface area contributed by atoms with Gasteiger partial charge in [-0.25, -0.2) is 0 Å². The first kappa shape index (κ1) is 4.65. The Bertz CT molecular complexity index is 78.1. The topological polar surface area (TPSA) is 18.5 Å². The van der Waals surface area contributed by atoms with Gasteiger partial charge in [0.25, 0.3) is 0 Å². The van der Waals surface area contributed by atoms with Crippen LogP contribution in [0.25, 0.3) is 0 Å². The van der Waals surface area contributed by atoms with Crippen LogP contribution >= 0.6 is 0 Å². The van der Waals surface area contributed by atoms with Gasteiger partial charge in [0.05, 0.1) is 6.61 Å². The van der Waals surface area contributed by atoms with Crippen LogP contribution in [0.3, 0.4) is 0 Å². The molecule has 1 heterocycles. The van der Waals surface area contributed by atoms with E-state index in [1.807, 2.05) is 6.08 Å². The van der Waals surface area contributed by atoms with E-state index < -0.39 is 0 Å². The maximum Gasteiger partial charge on any atom is 0.125 e. The maximum absolute atomic E-state index is 4.59. The Morgan fingerprint density at radius 1 is 1.71 bits per heavy atom. The highest BCUT2D eigenvalue weighted by Gasteiger charge is 2.00. The van der Waals surface area contributed by atoms with Crippen LogP contribution in [-0.4, -0.2) is 6.61 Å². The zero-order valence-corrected chi connectivity index (χ0v) is 4.26. The summed E-state index contributed by atoms with van der Waals surface area (Å²) < 4.78 is 0. The molecular formula is C5H8O2. The van der Waals surface area contributed by atoms with E-state index in [1.165, 1.54) is 0 Å². The van der Waals surface area contributed by atoms with E-state index in [9.17, 15) is 0 Å². The SMILES string of the molecule is CC1C=COOC1. The molecule has 0 amide bonds. The molecule has 0 bridgehead atoms. The fourth-order valence-corrected chi connectivity index (χ4v) is 0.408. The molecule has 0 radical (unpaired) electrons. The quantitative estimate of drug-likeness (QED) is 0.424. The Labute approximate surface area is 42.7 Å². The standard InChI is InChI=1S/C5H8O2/c1-5-2-3-6-7-4-5/h2-3,5H,4H2,1H3. The molecule has 0 fully saturated rings. The van der Waals surface area contributed by atoms with Gasteiger partial charge in [-0.3, -0.25) is 0 Å². The molecule has 0 N–H and O–H groups in total. The Balaban J connectivity index is 2.36. The van der Waals surface area contributed by atoms with Crippen molar-refractivity contribution in [3.8, 4) is 0 Å². The third-order valence-electron chi connectivity index (χ3n) is 0.862. The van der Waals surface area contributed by atoms with Crippen LogP contribution in [0.1, 0.15) is 6.92 Å². The number of hydrogen-bond donors (Lipinski definition) is 0. The predicted molar refractivity (Wildman–Crippen MR) is 25.3 cm³/mol. The highest BCUT2D eigenvalue weighted by molar-refractivity contribution is 4.80. The van der Waals surface area contributed by atoms with Crippen molar-refractivity contribution in [3.63, 3.8) is 0 Å². The van der Waals surface area contributed by atoms with Crippen LogP contribution in [0.5, 0.6) is 0 Å². The van der Waals surface area contributed by atoms with Crippen molar-refractivity contribution in [2.24, 2.45) is 5.92 Å². The maximum atomic E-state index is 4.59. The lowest BCUT2D eigenvalue weighted by molar-refractivity contribution is -0.262. The minimum absolute atomic E-state index is 0.508. The summed E-state index contributed by atoms with van der Waals surface area (Å²) in [6, 6.07) is 0. The summed E-state index contributed by atoms with van der Waals surface area (Å²) in [7, 11) is 0. The van der Waals surface area contributed by atoms with Crippen molar-refractivity contribution in [2.45, 2.75) is 6.92 Å². The first-order chi connectivity index (χ1) is 3.39. The summed E-state index contributed by atoms with van der Waals surface area (Å²) in [4.78, 5) is 9.05. The van der Waals surface area contributed by atoms with Gasteiger partial charge in [-0.05, 0) is 6.08 Å². The molecule has 0 aliphatic carbocycles. The second-order valence-electron chi connectivity index (χ2n) is 1.69. The molecule has 40 valence electrons. The van der Waals surface area contributed by atoms with Gasteiger partial charge in [0.15, 0.2) is 0 Å². The second kappa shape index (κ2) is 1.98. The molecule has 0 aromatic heterocycles. The number of hydrogen-bond acceptors (Lipinski definition) is 2. The normalized spacial score (nSPS) is 29.6. The third-order valence-corrected chi connectivity index (χ3v) is 0.862. The van der Waals surface area contributed by atoms with Crippen molar-refractivity contribution in [3.05, 3.63) is 12.3 Å². The molecule has 1 aliphatic rings. The van der Waals surface area contributed by atoms with Crippen molar-refractivity contribution < 1.29 is 9.78 Å². The molecule has 1 unspecified atom stereocenters. The second-order valence-corrected chi connectivity index (χ2v) is 1.69. The molecule has 0 aromatic carbocycles. The van der Waals surface area contributed by atoms with Crippen LogP contribution in [-0.2, 0) is 9.78 Å². The number of rotatable bonds is 0. The minimum atomic E-state index is 0.508. The van der Waals surface area contributed by atoms with Crippen LogP contribution in [0.15, 0.2) is 12.3 Å². The molecule has 1 rings (SSSR count). The molecule has 2 heteroatoms. The average molecular weight is 100 g/mol. The zero-order valence-electron chi connectivity index (χ0n) is 4.26. The lowest BCUT2D eigenvalue weighted by atomic mass is 10.2. The smallest absolute Gasteiger partial charge is 0.125 e. The summed E-state index contributed by atoms with van der Waals surface area (Å²) in [6.07, 6.45) is 3.53. The van der Waals surface area contributed by atoms with E-state index in [1.54, 1.807) is 6.26 Å². The Kier molecular flexibility index (Phi) is 1.32. The fourth-order valence-electron chi connectivity index (χ4n) is 0.408. The average Bonchev–Trinajstić information content (AvgIpc) is 1.69. The molecule has 1 aliphatic heterocycles. The molecular weight excluding hydrogens is 92.1 g/mol. The van der Waals surface area contributed by atoms with Crippen LogP contribution in [0.2, 0.25) is 0 Å². The van der Waals surface area contributed by atoms with E-state index in [-0.39, 0.29) is 0 Å². The summed E-state index contributed by atoms with van der Waals surface area (Å²) in [6.45, 7) is 2.75. The summed E-state index contributed by atoms with van der Waals surface area (Å²) in [5.41, 5.74) is 0. The molecule has 1 atom stereocenters. The van der Waals surface area contributed by atoms with Crippen LogP contribution < -0.4 is 0 Å². The van der Waals surface area contributed by atoms with Gasteiger partial charge < -0.3 is 4.89 Å². The fraction of sp³-hybridized carbons (Fsp3) is 0.600. The highest BCUT2D eigenvalue weighted by Crippen LogP contribution is 2.03. The Hall–Kier alpha value is -0.500. The summed E-state index contributed by atoms with van der Waals surface area (Å²) in [5, 5.41) is 0. The van der Waals surface area contributed by atoms with Gasteiger partial charge in [0.2, 0.25) is 0 Å². The molecule has 0 spiro atoms. The highest BCUT2D eigenvalue weighted by atomic mass is 17.2. The van der Waals surface area contributed by atoms with E-state index in [4.69, 9.17) is 0 Å². The van der Waals surface area contributed by atoms with E-state index in [2.05, 4.69) is 16.7 Å². The molecule has 7 heavy (non-hydrogen) atoms. The van der Waals surface area contributed by atoms with Crippen molar-refractivity contribution >= 4 is 0 Å². The van der Waals surface area contributed by atoms with Gasteiger partial charge in [0.1, 0.15) is 6.26 Å². The van der Waals surface area contributed by atoms with Crippen LogP contribution in [0.4, 0.5) is 0 Å². The molecule has 0 saturated heterocycles. The first-order valence-corrected chi connectivity index (χ1v) is 2.34. The van der Waals surface area contributed by atoms with E-state index >= 15 is 0 Å². The first-order valence-electron chi connectivity index (χ1n) is 2.34. The third kappa shape index (κ3) is 1.20. The monoisotopic (exact) mass is 100 g/mol. The molecule has 0 saturated carbocycles. The van der Waals surface area contributed by atoms with Crippen LogP contribution in [0, 0.1) is 5.92 Å². The molecule has 2 nitrogen and oxygen atoms in total. The zero-order chi connectivity index (χ0) is 5.11. The van der Waals surface area contributed by atoms with Crippen molar-refractivity contribution in [1.82, 2.24) is 0 Å². The molecule has 0 aromatic rings. The van der Waals surface area contributed by atoms with Crippen molar-refractivity contribution in [1.29, 1.82) is 0 Å². The Morgan fingerprint density at radius 2 is 2.57 bits per heavy atom. The minimum Gasteiger partial charge on any atom is -0.346 e. The van der Waals surface area contributed by atoms with E-state index in [0.29, 0.717) is 12.5 Å². The van der Waals surface area contributed by atoms with Gasteiger partial charge in [-0.2, -0.15) is 4.89 Å². The lowest BCUT2D eigenvalue weighted by Gasteiger charge is -2.09. The van der Waals surface area contributed by atoms with E-state index in [0.717, 1.165) is 0 Å².